The van der Waals surface area contributed by atoms with Gasteiger partial charge in [0.2, 0.25) is 11.8 Å². The minimum Gasteiger partial charge on any atom is -0.350 e. The molecule has 5 heteroatoms. The van der Waals surface area contributed by atoms with E-state index in [-0.39, 0.29) is 11.8 Å². The van der Waals surface area contributed by atoms with Crippen LogP contribution in [0.15, 0.2) is 103 Å². The second-order valence-electron chi connectivity index (χ2n) is 7.37. The average molecular weight is 422 g/mol. The van der Waals surface area contributed by atoms with Crippen LogP contribution in [-0.2, 0) is 16.1 Å². The highest BCUT2D eigenvalue weighted by Gasteiger charge is 2.21. The maximum absolute atomic E-state index is 12.9. The molecule has 0 saturated carbocycles. The van der Waals surface area contributed by atoms with Crippen molar-refractivity contribution in [2.45, 2.75) is 12.6 Å². The Labute approximate surface area is 186 Å². The number of nitrogens with zero attached hydrogens (tertiary/aromatic N) is 1. The lowest BCUT2D eigenvalue weighted by atomic mass is 10.1. The van der Waals surface area contributed by atoms with Gasteiger partial charge in [-0.2, -0.15) is 0 Å². The van der Waals surface area contributed by atoms with E-state index in [0.29, 0.717) is 12.1 Å². The molecule has 2 N–H and O–H groups in total. The first-order chi connectivity index (χ1) is 15.7. The van der Waals surface area contributed by atoms with Crippen LogP contribution < -0.4 is 10.6 Å². The normalized spacial score (nSPS) is 11.9. The van der Waals surface area contributed by atoms with Crippen molar-refractivity contribution in [3.63, 3.8) is 0 Å². The number of benzene rings is 3. The first-order valence-corrected chi connectivity index (χ1v) is 10.4. The van der Waals surface area contributed by atoms with Gasteiger partial charge in [0.05, 0.1) is 0 Å². The van der Waals surface area contributed by atoms with Crippen LogP contribution in [0.25, 0.3) is 16.8 Å². The minimum absolute atomic E-state index is 0.285. The van der Waals surface area contributed by atoms with Crippen LogP contribution in [-0.4, -0.2) is 16.8 Å². The zero-order chi connectivity index (χ0) is 22.2. The van der Waals surface area contributed by atoms with Crippen molar-refractivity contribution in [3.8, 4) is 0 Å². The molecule has 0 radical (unpaired) electrons. The van der Waals surface area contributed by atoms with Crippen LogP contribution in [0.4, 0.5) is 0 Å². The molecule has 32 heavy (non-hydrogen) atoms. The number of pyridine rings is 1. The Kier molecular flexibility index (Phi) is 6.68. The summed E-state index contributed by atoms with van der Waals surface area (Å²) in [6.45, 7) is 0.332. The van der Waals surface area contributed by atoms with Crippen molar-refractivity contribution in [2.24, 2.45) is 0 Å². The first kappa shape index (κ1) is 21.0. The molecule has 0 aliphatic heterocycles. The summed E-state index contributed by atoms with van der Waals surface area (Å²) in [6, 6.07) is 26.1. The van der Waals surface area contributed by atoms with Gasteiger partial charge in [-0.25, -0.2) is 0 Å². The van der Waals surface area contributed by atoms with Crippen LogP contribution in [0.2, 0.25) is 0 Å². The summed E-state index contributed by atoms with van der Waals surface area (Å²) in [5.74, 6) is -0.629. The molecule has 1 atom stereocenters. The molecule has 1 unspecified atom stereocenters. The van der Waals surface area contributed by atoms with Crippen molar-refractivity contribution >= 4 is 28.7 Å². The number of nitrogens with one attached hydrogen (secondary N) is 2. The molecule has 1 aromatic heterocycles. The average Bonchev–Trinajstić information content (AvgIpc) is 2.85. The van der Waals surface area contributed by atoms with Crippen molar-refractivity contribution in [1.29, 1.82) is 0 Å². The molecule has 0 aliphatic carbocycles. The van der Waals surface area contributed by atoms with Gasteiger partial charge in [0.15, 0.2) is 0 Å². The number of amides is 2. The summed E-state index contributed by atoms with van der Waals surface area (Å²) in [5.41, 5.74) is 2.51. The summed E-state index contributed by atoms with van der Waals surface area (Å²) in [6.07, 6.45) is 6.58. The van der Waals surface area contributed by atoms with Gasteiger partial charge in [-0.3, -0.25) is 14.6 Å². The third-order valence-corrected chi connectivity index (χ3v) is 5.07. The smallest absolute Gasteiger partial charge is 0.247 e. The molecule has 5 nitrogen and oxygen atoms in total. The van der Waals surface area contributed by atoms with Gasteiger partial charge in [-0.05, 0) is 45.7 Å². The van der Waals surface area contributed by atoms with Crippen molar-refractivity contribution in [2.75, 3.05) is 0 Å². The third kappa shape index (κ3) is 5.46. The predicted molar refractivity (Wildman–Crippen MR) is 126 cm³/mol. The van der Waals surface area contributed by atoms with Gasteiger partial charge in [0.1, 0.15) is 6.04 Å². The number of hydrogen-bond acceptors (Lipinski definition) is 3. The van der Waals surface area contributed by atoms with Gasteiger partial charge in [-0.1, -0.05) is 72.8 Å². The Morgan fingerprint density at radius 1 is 0.875 bits per heavy atom. The Balaban J connectivity index is 1.46. The maximum atomic E-state index is 12.9. The van der Waals surface area contributed by atoms with E-state index >= 15 is 0 Å². The summed E-state index contributed by atoms with van der Waals surface area (Å²) in [4.78, 5) is 29.6. The lowest BCUT2D eigenvalue weighted by molar-refractivity contribution is -0.127. The van der Waals surface area contributed by atoms with Crippen molar-refractivity contribution < 1.29 is 9.59 Å². The quantitative estimate of drug-likeness (QED) is 0.434. The molecule has 1 heterocycles. The molecule has 0 aliphatic rings. The van der Waals surface area contributed by atoms with E-state index in [1.807, 2.05) is 84.9 Å². The number of carbonyl (C=O) groups is 2. The summed E-state index contributed by atoms with van der Waals surface area (Å²) < 4.78 is 0. The number of hydrogen-bond donors (Lipinski definition) is 2. The second kappa shape index (κ2) is 10.2. The Hall–Kier alpha value is -4.25. The molecule has 0 spiro atoms. The minimum atomic E-state index is -0.804. The van der Waals surface area contributed by atoms with Crippen LogP contribution in [0, 0.1) is 0 Å². The molecular weight excluding hydrogens is 398 g/mol. The highest BCUT2D eigenvalue weighted by atomic mass is 16.2. The van der Waals surface area contributed by atoms with E-state index in [2.05, 4.69) is 15.6 Å². The van der Waals surface area contributed by atoms with E-state index in [1.54, 1.807) is 18.5 Å². The van der Waals surface area contributed by atoms with Gasteiger partial charge in [-0.15, -0.1) is 0 Å². The van der Waals surface area contributed by atoms with Gasteiger partial charge in [0, 0.05) is 25.0 Å². The largest absolute Gasteiger partial charge is 0.350 e. The highest BCUT2D eigenvalue weighted by molar-refractivity contribution is 5.96. The molecule has 0 fully saturated rings. The lowest BCUT2D eigenvalue weighted by Crippen LogP contribution is -2.39. The molecule has 2 amide bonds. The first-order valence-electron chi connectivity index (χ1n) is 10.4. The Morgan fingerprint density at radius 3 is 2.44 bits per heavy atom. The second-order valence-corrected chi connectivity index (χ2v) is 7.37. The van der Waals surface area contributed by atoms with Gasteiger partial charge < -0.3 is 10.6 Å². The van der Waals surface area contributed by atoms with Crippen LogP contribution in [0.1, 0.15) is 22.7 Å². The number of aromatic nitrogens is 1. The molecule has 0 saturated heterocycles. The number of fused-ring (bicyclic) bond motifs is 1. The van der Waals surface area contributed by atoms with E-state index < -0.39 is 6.04 Å². The highest BCUT2D eigenvalue weighted by Crippen LogP contribution is 2.17. The van der Waals surface area contributed by atoms with Gasteiger partial charge in [0.25, 0.3) is 0 Å². The van der Waals surface area contributed by atoms with Crippen LogP contribution in [0.5, 0.6) is 0 Å². The summed E-state index contributed by atoms with van der Waals surface area (Å²) in [7, 11) is 0. The molecule has 158 valence electrons. The zero-order valence-corrected chi connectivity index (χ0v) is 17.4. The van der Waals surface area contributed by atoms with Crippen molar-refractivity contribution in [3.05, 3.63) is 120 Å². The van der Waals surface area contributed by atoms with E-state index in [9.17, 15) is 9.59 Å². The molecular formula is C27H23N3O2. The summed E-state index contributed by atoms with van der Waals surface area (Å²) in [5, 5.41) is 7.95. The fraction of sp³-hybridized carbons (Fsp3) is 0.0741. The molecule has 4 aromatic rings. The SMILES string of the molecule is O=C(/C=C/c1ccc2ccccc2c1)NC(C(=O)NCc1cccnc1)c1ccccc1. The number of rotatable bonds is 7. The standard InChI is InChI=1S/C27H23N3O2/c31-25(15-13-20-12-14-22-8-4-5-11-24(22)17-20)30-26(23-9-2-1-3-10-23)27(32)29-19-21-7-6-16-28-18-21/h1-18,26H,19H2,(H,29,32)(H,30,31)/b15-13+. The molecule has 0 bridgehead atoms. The fourth-order valence-corrected chi connectivity index (χ4v) is 3.41. The van der Waals surface area contributed by atoms with E-state index in [4.69, 9.17) is 0 Å². The summed E-state index contributed by atoms with van der Waals surface area (Å²) >= 11 is 0. The van der Waals surface area contributed by atoms with E-state index in [0.717, 1.165) is 21.9 Å². The maximum Gasteiger partial charge on any atom is 0.247 e. The lowest BCUT2D eigenvalue weighted by Gasteiger charge is -2.18. The Morgan fingerprint density at radius 2 is 1.66 bits per heavy atom. The number of carbonyl (C=O) groups excluding carboxylic acids is 2. The Bertz CT molecular complexity index is 1240. The van der Waals surface area contributed by atoms with Gasteiger partial charge >= 0.3 is 0 Å². The van der Waals surface area contributed by atoms with Crippen LogP contribution >= 0.6 is 0 Å². The zero-order valence-electron chi connectivity index (χ0n) is 17.4. The van der Waals surface area contributed by atoms with E-state index in [1.165, 1.54) is 6.08 Å². The van der Waals surface area contributed by atoms with Crippen molar-refractivity contribution in [1.82, 2.24) is 15.6 Å². The molecule has 3 aromatic carbocycles. The monoisotopic (exact) mass is 421 g/mol. The predicted octanol–water partition coefficient (Wildman–Crippen LogP) is 4.42. The fourth-order valence-electron chi connectivity index (χ4n) is 3.41. The molecule has 4 rings (SSSR count). The topological polar surface area (TPSA) is 71.1 Å². The third-order valence-electron chi connectivity index (χ3n) is 5.07. The van der Waals surface area contributed by atoms with Crippen LogP contribution in [0.3, 0.4) is 0 Å².